The molecular formula is C22H23N5O. The highest BCUT2D eigenvalue weighted by molar-refractivity contribution is 5.77. The van der Waals surface area contributed by atoms with Gasteiger partial charge >= 0.3 is 0 Å². The molecule has 142 valence electrons. The van der Waals surface area contributed by atoms with Crippen molar-refractivity contribution in [3.05, 3.63) is 53.9 Å². The molecule has 1 aliphatic rings. The molecule has 0 radical (unpaired) electrons. The van der Waals surface area contributed by atoms with Crippen LogP contribution in [0.4, 0.5) is 0 Å². The molecule has 1 fully saturated rings. The van der Waals surface area contributed by atoms with Crippen molar-refractivity contribution >= 4 is 5.91 Å². The number of hydrogen-bond donors (Lipinski definition) is 2. The Balaban J connectivity index is 1.56. The lowest BCUT2D eigenvalue weighted by molar-refractivity contribution is -0.122. The van der Waals surface area contributed by atoms with Crippen LogP contribution in [0.2, 0.25) is 0 Å². The molecule has 3 rings (SSSR count). The molecule has 3 atom stereocenters. The van der Waals surface area contributed by atoms with Crippen molar-refractivity contribution < 1.29 is 4.79 Å². The predicted octanol–water partition coefficient (Wildman–Crippen LogP) is 2.69. The van der Waals surface area contributed by atoms with Crippen LogP contribution in [0.1, 0.15) is 36.9 Å². The minimum atomic E-state index is -0.551. The fourth-order valence-corrected chi connectivity index (χ4v) is 3.64. The molecule has 2 aromatic rings. The Labute approximate surface area is 165 Å². The maximum absolute atomic E-state index is 12.2. The van der Waals surface area contributed by atoms with Gasteiger partial charge in [-0.25, -0.2) is 4.98 Å². The van der Waals surface area contributed by atoms with Gasteiger partial charge in [0.05, 0.1) is 6.07 Å². The molecule has 0 bridgehead atoms. The highest BCUT2D eigenvalue weighted by atomic mass is 16.1. The summed E-state index contributed by atoms with van der Waals surface area (Å²) in [5.74, 6) is 0.251. The van der Waals surface area contributed by atoms with E-state index in [1.807, 2.05) is 36.4 Å². The lowest BCUT2D eigenvalue weighted by Crippen LogP contribution is -2.36. The van der Waals surface area contributed by atoms with Crippen LogP contribution < -0.4 is 11.1 Å². The molecule has 1 aromatic heterocycles. The average Bonchev–Trinajstić information content (AvgIpc) is 3.12. The van der Waals surface area contributed by atoms with E-state index in [0.717, 1.165) is 36.0 Å². The third-order valence-electron chi connectivity index (χ3n) is 5.15. The smallest absolute Gasteiger partial charge is 0.221 e. The summed E-state index contributed by atoms with van der Waals surface area (Å²) in [6, 6.07) is 15.2. The molecule has 1 heterocycles. The van der Waals surface area contributed by atoms with Crippen LogP contribution in [0.3, 0.4) is 0 Å². The van der Waals surface area contributed by atoms with Crippen molar-refractivity contribution in [2.45, 2.75) is 44.2 Å². The first-order chi connectivity index (χ1) is 13.6. The van der Waals surface area contributed by atoms with Gasteiger partial charge in [-0.05, 0) is 48.4 Å². The number of carbonyl (C=O) groups is 1. The van der Waals surface area contributed by atoms with Gasteiger partial charge in [0.15, 0.2) is 0 Å². The summed E-state index contributed by atoms with van der Waals surface area (Å²) in [5.41, 5.74) is 9.16. The van der Waals surface area contributed by atoms with E-state index in [4.69, 9.17) is 11.0 Å². The van der Waals surface area contributed by atoms with Crippen LogP contribution in [0, 0.1) is 28.6 Å². The van der Waals surface area contributed by atoms with Gasteiger partial charge in [0, 0.05) is 30.6 Å². The summed E-state index contributed by atoms with van der Waals surface area (Å²) < 4.78 is 0. The fraction of sp³-hybridized carbons (Fsp3) is 0.364. The number of nitriles is 2. The van der Waals surface area contributed by atoms with Crippen LogP contribution in [-0.4, -0.2) is 23.0 Å². The molecule has 1 saturated carbocycles. The number of carbonyl (C=O) groups excluding carboxylic acids is 1. The molecule has 6 heteroatoms. The highest BCUT2D eigenvalue weighted by Gasteiger charge is 2.24. The summed E-state index contributed by atoms with van der Waals surface area (Å²) >= 11 is 0. The second kappa shape index (κ2) is 9.12. The molecular weight excluding hydrogens is 350 g/mol. The van der Waals surface area contributed by atoms with Crippen molar-refractivity contribution in [3.63, 3.8) is 0 Å². The second-order valence-corrected chi connectivity index (χ2v) is 7.34. The second-order valence-electron chi connectivity index (χ2n) is 7.34. The number of amides is 1. The number of nitrogens with one attached hydrogen (secondary N) is 1. The number of benzene rings is 1. The van der Waals surface area contributed by atoms with Crippen LogP contribution in [0.25, 0.3) is 11.1 Å². The minimum absolute atomic E-state index is 0.0778. The van der Waals surface area contributed by atoms with Gasteiger partial charge in [0.1, 0.15) is 17.8 Å². The lowest BCUT2D eigenvalue weighted by atomic mass is 10.0. The zero-order valence-corrected chi connectivity index (χ0v) is 15.6. The van der Waals surface area contributed by atoms with Crippen molar-refractivity contribution in [2.24, 2.45) is 11.7 Å². The number of nitrogens with two attached hydrogens (primary N) is 1. The van der Waals surface area contributed by atoms with Gasteiger partial charge < -0.3 is 11.1 Å². The first-order valence-corrected chi connectivity index (χ1v) is 9.47. The van der Waals surface area contributed by atoms with Gasteiger partial charge in [-0.2, -0.15) is 10.5 Å². The third-order valence-corrected chi connectivity index (χ3v) is 5.15. The first-order valence-electron chi connectivity index (χ1n) is 9.47. The van der Waals surface area contributed by atoms with Gasteiger partial charge in [-0.15, -0.1) is 0 Å². The number of hydrogen-bond acceptors (Lipinski definition) is 5. The van der Waals surface area contributed by atoms with E-state index >= 15 is 0 Å². The Morgan fingerprint density at radius 2 is 1.93 bits per heavy atom. The summed E-state index contributed by atoms with van der Waals surface area (Å²) in [6.07, 6.45) is 5.41. The molecule has 0 spiro atoms. The van der Waals surface area contributed by atoms with E-state index in [-0.39, 0.29) is 11.9 Å². The molecule has 6 nitrogen and oxygen atoms in total. The molecule has 0 aliphatic heterocycles. The Morgan fingerprint density at radius 1 is 1.18 bits per heavy atom. The SMILES string of the molecule is N#Cc1ccc(-c2ccc(CC(C#N)NC(=O)C[C@H]3CC[C@@H](N)C3)cc2)cn1. The quantitative estimate of drug-likeness (QED) is 0.807. The fourth-order valence-electron chi connectivity index (χ4n) is 3.64. The summed E-state index contributed by atoms with van der Waals surface area (Å²) in [7, 11) is 0. The van der Waals surface area contributed by atoms with Crippen molar-refractivity contribution in [1.82, 2.24) is 10.3 Å². The Kier molecular flexibility index (Phi) is 6.37. The molecule has 1 aliphatic carbocycles. The van der Waals surface area contributed by atoms with Crippen molar-refractivity contribution in [3.8, 4) is 23.3 Å². The Bertz CT molecular complexity index is 893. The largest absolute Gasteiger partial charge is 0.340 e. The van der Waals surface area contributed by atoms with Gasteiger partial charge in [0.2, 0.25) is 5.91 Å². The van der Waals surface area contributed by atoms with Gasteiger partial charge in [-0.1, -0.05) is 24.3 Å². The molecule has 1 unspecified atom stereocenters. The molecule has 28 heavy (non-hydrogen) atoms. The van der Waals surface area contributed by atoms with Crippen molar-refractivity contribution in [1.29, 1.82) is 10.5 Å². The van der Waals surface area contributed by atoms with E-state index in [1.54, 1.807) is 12.3 Å². The summed E-state index contributed by atoms with van der Waals surface area (Å²) in [4.78, 5) is 16.3. The van der Waals surface area contributed by atoms with Gasteiger partial charge in [-0.3, -0.25) is 4.79 Å². The predicted molar refractivity (Wildman–Crippen MR) is 106 cm³/mol. The minimum Gasteiger partial charge on any atom is -0.340 e. The number of pyridine rings is 1. The average molecular weight is 373 g/mol. The molecule has 1 amide bonds. The van der Waals surface area contributed by atoms with Crippen LogP contribution in [-0.2, 0) is 11.2 Å². The molecule has 3 N–H and O–H groups in total. The maximum Gasteiger partial charge on any atom is 0.221 e. The third kappa shape index (κ3) is 5.16. The number of aromatic nitrogens is 1. The summed E-state index contributed by atoms with van der Waals surface area (Å²) in [5, 5.41) is 21.1. The monoisotopic (exact) mass is 373 g/mol. The number of nitrogens with zero attached hydrogens (tertiary/aromatic N) is 3. The molecule has 0 saturated heterocycles. The molecule has 1 aromatic carbocycles. The maximum atomic E-state index is 12.2. The highest BCUT2D eigenvalue weighted by Crippen LogP contribution is 2.27. The lowest BCUT2D eigenvalue weighted by Gasteiger charge is -2.14. The standard InChI is InChI=1S/C22H23N5O/c23-12-20-8-6-18(14-26-20)17-4-1-15(2-5-17)10-21(13-24)27-22(28)11-16-3-7-19(25)9-16/h1-2,4-6,8,14,16,19,21H,3,7,9-11,25H2,(H,27,28)/t16-,19+,21?/m0/s1. The van der Waals surface area contributed by atoms with Crippen LogP contribution in [0.5, 0.6) is 0 Å². The van der Waals surface area contributed by atoms with E-state index < -0.39 is 6.04 Å². The summed E-state index contributed by atoms with van der Waals surface area (Å²) in [6.45, 7) is 0. The topological polar surface area (TPSA) is 116 Å². The van der Waals surface area contributed by atoms with E-state index in [1.165, 1.54) is 0 Å². The van der Waals surface area contributed by atoms with E-state index in [0.29, 0.717) is 24.5 Å². The van der Waals surface area contributed by atoms with Gasteiger partial charge in [0.25, 0.3) is 0 Å². The van der Waals surface area contributed by atoms with E-state index in [2.05, 4.69) is 16.4 Å². The Hall–Kier alpha value is -3.22. The van der Waals surface area contributed by atoms with Crippen molar-refractivity contribution in [2.75, 3.05) is 0 Å². The zero-order chi connectivity index (χ0) is 19.9. The number of rotatable bonds is 6. The van der Waals surface area contributed by atoms with Crippen LogP contribution >= 0.6 is 0 Å². The Morgan fingerprint density at radius 3 is 2.50 bits per heavy atom. The zero-order valence-electron chi connectivity index (χ0n) is 15.6. The first kappa shape index (κ1) is 19.5. The van der Waals surface area contributed by atoms with Crippen LogP contribution in [0.15, 0.2) is 42.6 Å². The normalized spacial score (nSPS) is 19.4. The van der Waals surface area contributed by atoms with E-state index in [9.17, 15) is 10.1 Å².